The molecule has 1 fully saturated rings. The molecule has 6 heteroatoms. The quantitative estimate of drug-likeness (QED) is 0.649. The van der Waals surface area contributed by atoms with E-state index in [9.17, 15) is 8.42 Å². The fourth-order valence-electron chi connectivity index (χ4n) is 2.14. The molecule has 1 aliphatic heterocycles. The fourth-order valence-corrected chi connectivity index (χ4v) is 3.42. The van der Waals surface area contributed by atoms with Crippen molar-refractivity contribution in [2.24, 2.45) is 0 Å². The van der Waals surface area contributed by atoms with Crippen LogP contribution in [0.2, 0.25) is 0 Å². The van der Waals surface area contributed by atoms with Crippen molar-refractivity contribution in [2.75, 3.05) is 32.5 Å². The molecule has 0 aromatic heterocycles. The van der Waals surface area contributed by atoms with Crippen LogP contribution < -0.4 is 5.32 Å². The maximum absolute atomic E-state index is 12.1. The zero-order valence-electron chi connectivity index (χ0n) is 12.4. The van der Waals surface area contributed by atoms with Gasteiger partial charge in [-0.05, 0) is 32.2 Å². The summed E-state index contributed by atoms with van der Waals surface area (Å²) in [5.41, 5.74) is 0. The van der Waals surface area contributed by atoms with Crippen molar-refractivity contribution in [1.82, 2.24) is 9.62 Å². The third-order valence-corrected chi connectivity index (χ3v) is 5.24. The zero-order valence-corrected chi connectivity index (χ0v) is 13.2. The molecule has 0 aliphatic carbocycles. The van der Waals surface area contributed by atoms with Gasteiger partial charge in [-0.15, -0.1) is 0 Å². The molecule has 1 saturated heterocycles. The second kappa shape index (κ2) is 8.19. The first-order chi connectivity index (χ1) is 8.92. The fraction of sp³-hybridized carbons (Fsp3) is 1.00. The van der Waals surface area contributed by atoms with Gasteiger partial charge >= 0.3 is 0 Å². The van der Waals surface area contributed by atoms with E-state index in [-0.39, 0.29) is 11.9 Å². The van der Waals surface area contributed by atoms with Gasteiger partial charge in [0.15, 0.2) is 0 Å². The largest absolute Gasteiger partial charge is 0.377 e. The lowest BCUT2D eigenvalue weighted by Gasteiger charge is -2.20. The third kappa shape index (κ3) is 6.70. The molecule has 0 saturated carbocycles. The van der Waals surface area contributed by atoms with Gasteiger partial charge in [-0.3, -0.25) is 0 Å². The summed E-state index contributed by atoms with van der Waals surface area (Å²) in [6.07, 6.45) is 3.70. The monoisotopic (exact) mass is 292 g/mol. The van der Waals surface area contributed by atoms with Gasteiger partial charge in [0.25, 0.3) is 0 Å². The Morgan fingerprint density at radius 3 is 2.68 bits per heavy atom. The third-order valence-electron chi connectivity index (χ3n) is 3.34. The standard InChI is InChI=1S/C13H28N2O3S/c1-12(2)14-8-4-5-10-19(16,17)15(3)11-13-7-6-9-18-13/h12-14H,4-11H2,1-3H3. The summed E-state index contributed by atoms with van der Waals surface area (Å²) in [6.45, 7) is 6.31. The molecule has 0 aromatic rings. The molecule has 19 heavy (non-hydrogen) atoms. The number of nitrogens with one attached hydrogen (secondary N) is 1. The molecule has 1 atom stereocenters. The molecule has 5 nitrogen and oxygen atoms in total. The lowest BCUT2D eigenvalue weighted by atomic mass is 10.2. The Kier molecular flexibility index (Phi) is 7.28. The summed E-state index contributed by atoms with van der Waals surface area (Å²) >= 11 is 0. The molecular formula is C13H28N2O3S. The maximum Gasteiger partial charge on any atom is 0.213 e. The van der Waals surface area contributed by atoms with Crippen molar-refractivity contribution in [3.63, 3.8) is 0 Å². The molecule has 0 radical (unpaired) electrons. The molecule has 0 spiro atoms. The first-order valence-electron chi connectivity index (χ1n) is 7.21. The molecule has 114 valence electrons. The van der Waals surface area contributed by atoms with Crippen LogP contribution in [0.25, 0.3) is 0 Å². The van der Waals surface area contributed by atoms with Crippen LogP contribution >= 0.6 is 0 Å². The van der Waals surface area contributed by atoms with Crippen LogP contribution in [0.3, 0.4) is 0 Å². The van der Waals surface area contributed by atoms with Gasteiger partial charge in [0.1, 0.15) is 0 Å². The number of nitrogens with zero attached hydrogens (tertiary/aromatic N) is 1. The van der Waals surface area contributed by atoms with Crippen molar-refractivity contribution in [2.45, 2.75) is 51.7 Å². The van der Waals surface area contributed by atoms with Crippen molar-refractivity contribution >= 4 is 10.0 Å². The first-order valence-corrected chi connectivity index (χ1v) is 8.81. The molecule has 1 heterocycles. The van der Waals surface area contributed by atoms with E-state index in [1.165, 1.54) is 4.31 Å². The minimum atomic E-state index is -3.12. The van der Waals surface area contributed by atoms with Crippen LogP contribution in [-0.2, 0) is 14.8 Å². The van der Waals surface area contributed by atoms with Crippen LogP contribution in [0.4, 0.5) is 0 Å². The van der Waals surface area contributed by atoms with Gasteiger partial charge in [-0.1, -0.05) is 13.8 Å². The van der Waals surface area contributed by atoms with E-state index < -0.39 is 10.0 Å². The highest BCUT2D eigenvalue weighted by atomic mass is 32.2. The Hall–Kier alpha value is -0.170. The summed E-state index contributed by atoms with van der Waals surface area (Å²) < 4.78 is 31.1. The minimum Gasteiger partial charge on any atom is -0.377 e. The van der Waals surface area contributed by atoms with Crippen molar-refractivity contribution in [3.8, 4) is 0 Å². The Labute approximate surface area is 117 Å². The Morgan fingerprint density at radius 2 is 2.11 bits per heavy atom. The minimum absolute atomic E-state index is 0.0855. The number of hydrogen-bond acceptors (Lipinski definition) is 4. The number of ether oxygens (including phenoxy) is 1. The highest BCUT2D eigenvalue weighted by Crippen LogP contribution is 2.14. The number of hydrogen-bond donors (Lipinski definition) is 1. The number of unbranched alkanes of at least 4 members (excludes halogenated alkanes) is 1. The van der Waals surface area contributed by atoms with Crippen LogP contribution in [0, 0.1) is 0 Å². The van der Waals surface area contributed by atoms with Crippen molar-refractivity contribution in [1.29, 1.82) is 0 Å². The average Bonchev–Trinajstić information content (AvgIpc) is 2.80. The average molecular weight is 292 g/mol. The normalized spacial score (nSPS) is 20.6. The predicted molar refractivity (Wildman–Crippen MR) is 77.8 cm³/mol. The molecule has 0 bridgehead atoms. The van der Waals surface area contributed by atoms with E-state index in [1.807, 2.05) is 0 Å². The smallest absolute Gasteiger partial charge is 0.213 e. The predicted octanol–water partition coefficient (Wildman–Crippen LogP) is 1.21. The van der Waals surface area contributed by atoms with Gasteiger partial charge in [0.2, 0.25) is 10.0 Å². The number of sulfonamides is 1. The maximum atomic E-state index is 12.1. The Balaban J connectivity index is 2.21. The topological polar surface area (TPSA) is 58.6 Å². The van der Waals surface area contributed by atoms with E-state index >= 15 is 0 Å². The Bertz CT molecular complexity index is 338. The lowest BCUT2D eigenvalue weighted by molar-refractivity contribution is 0.0979. The number of rotatable bonds is 9. The molecule has 0 amide bonds. The van der Waals surface area contributed by atoms with E-state index in [1.54, 1.807) is 7.05 Å². The second-order valence-corrected chi connectivity index (χ2v) is 7.74. The molecular weight excluding hydrogens is 264 g/mol. The van der Waals surface area contributed by atoms with Crippen LogP contribution in [0.1, 0.15) is 39.5 Å². The van der Waals surface area contributed by atoms with Gasteiger partial charge in [0, 0.05) is 26.2 Å². The van der Waals surface area contributed by atoms with E-state index in [0.29, 0.717) is 19.0 Å². The molecule has 0 aromatic carbocycles. The summed E-state index contributed by atoms with van der Waals surface area (Å²) in [4.78, 5) is 0. The van der Waals surface area contributed by atoms with Crippen LogP contribution in [0.15, 0.2) is 0 Å². The van der Waals surface area contributed by atoms with Crippen molar-refractivity contribution < 1.29 is 13.2 Å². The highest BCUT2D eigenvalue weighted by molar-refractivity contribution is 7.89. The van der Waals surface area contributed by atoms with Crippen molar-refractivity contribution in [3.05, 3.63) is 0 Å². The van der Waals surface area contributed by atoms with E-state index in [4.69, 9.17) is 4.74 Å². The summed E-state index contributed by atoms with van der Waals surface area (Å²) in [7, 11) is -1.47. The van der Waals surface area contributed by atoms with E-state index in [0.717, 1.165) is 32.4 Å². The summed E-state index contributed by atoms with van der Waals surface area (Å²) in [5.74, 6) is 0.232. The van der Waals surface area contributed by atoms with E-state index in [2.05, 4.69) is 19.2 Å². The Morgan fingerprint density at radius 1 is 1.37 bits per heavy atom. The summed E-state index contributed by atoms with van der Waals surface area (Å²) in [6, 6.07) is 0.457. The lowest BCUT2D eigenvalue weighted by Crippen LogP contribution is -2.35. The first kappa shape index (κ1) is 16.9. The molecule has 1 unspecified atom stereocenters. The molecule has 1 N–H and O–H groups in total. The molecule has 1 aliphatic rings. The van der Waals surface area contributed by atoms with Gasteiger partial charge in [0.05, 0.1) is 11.9 Å². The molecule has 1 rings (SSSR count). The van der Waals surface area contributed by atoms with Crippen LogP contribution in [-0.4, -0.2) is 57.4 Å². The zero-order chi connectivity index (χ0) is 14.3. The SMILES string of the molecule is CC(C)NCCCCS(=O)(=O)N(C)CC1CCCO1. The number of likely N-dealkylation sites (N-methyl/N-ethyl adjacent to an activating group) is 1. The van der Waals surface area contributed by atoms with Crippen LogP contribution in [0.5, 0.6) is 0 Å². The van der Waals surface area contributed by atoms with Gasteiger partial charge < -0.3 is 10.1 Å². The van der Waals surface area contributed by atoms with Gasteiger partial charge in [-0.2, -0.15) is 0 Å². The highest BCUT2D eigenvalue weighted by Gasteiger charge is 2.23. The second-order valence-electron chi connectivity index (χ2n) is 5.55. The van der Waals surface area contributed by atoms with Gasteiger partial charge in [-0.25, -0.2) is 12.7 Å². The summed E-state index contributed by atoms with van der Waals surface area (Å²) in [5, 5.41) is 3.29.